The predicted octanol–water partition coefficient (Wildman–Crippen LogP) is 2.62. The topological polar surface area (TPSA) is 32.3 Å². The smallest absolute Gasteiger partial charge is 0.137 e. The lowest BCUT2D eigenvalue weighted by atomic mass is 10.1. The summed E-state index contributed by atoms with van der Waals surface area (Å²) in [6.07, 6.45) is 0. The Morgan fingerprint density at radius 1 is 1.47 bits per heavy atom. The highest BCUT2D eigenvalue weighted by atomic mass is 79.9. The Morgan fingerprint density at radius 3 is 2.67 bits per heavy atom. The lowest BCUT2D eigenvalue weighted by molar-refractivity contribution is 0.243. The van der Waals surface area contributed by atoms with Crippen LogP contribution in [-0.2, 0) is 0 Å². The highest BCUT2D eigenvalue weighted by Crippen LogP contribution is 2.20. The molecule has 0 fully saturated rings. The lowest BCUT2D eigenvalue weighted by Gasteiger charge is -2.18. The van der Waals surface area contributed by atoms with Crippen molar-refractivity contribution in [1.29, 1.82) is 0 Å². The van der Waals surface area contributed by atoms with Crippen LogP contribution in [0.3, 0.4) is 0 Å². The summed E-state index contributed by atoms with van der Waals surface area (Å²) in [5, 5.41) is 12.0. The van der Waals surface area contributed by atoms with E-state index in [1.165, 1.54) is 6.07 Å². The molecule has 1 aromatic rings. The maximum Gasteiger partial charge on any atom is 0.137 e. The van der Waals surface area contributed by atoms with E-state index < -0.39 is 0 Å². The largest absolute Gasteiger partial charge is 0.395 e. The second-order valence-electron chi connectivity index (χ2n) is 3.65. The van der Waals surface area contributed by atoms with Crippen LogP contribution in [0.2, 0.25) is 0 Å². The van der Waals surface area contributed by atoms with E-state index in [1.807, 2.05) is 19.9 Å². The fourth-order valence-corrected chi connectivity index (χ4v) is 1.60. The van der Waals surface area contributed by atoms with Gasteiger partial charge in [0.15, 0.2) is 0 Å². The standard InChI is InChI=1S/C11H15BrFNO/c1-7(6-15)14-8(2)9-3-4-10(12)11(13)5-9/h3-5,7-8,14-15H,6H2,1-2H3. The van der Waals surface area contributed by atoms with Crippen LogP contribution in [0.25, 0.3) is 0 Å². The normalized spacial score (nSPS) is 15.0. The van der Waals surface area contributed by atoms with Crippen molar-refractivity contribution in [2.24, 2.45) is 0 Å². The van der Waals surface area contributed by atoms with Gasteiger partial charge >= 0.3 is 0 Å². The molecule has 0 aliphatic heterocycles. The number of hydrogen-bond donors (Lipinski definition) is 2. The second kappa shape index (κ2) is 5.58. The molecular formula is C11H15BrFNO. The van der Waals surface area contributed by atoms with Crippen LogP contribution < -0.4 is 5.32 Å². The second-order valence-corrected chi connectivity index (χ2v) is 4.50. The molecule has 0 saturated carbocycles. The van der Waals surface area contributed by atoms with Crippen molar-refractivity contribution in [3.05, 3.63) is 34.1 Å². The van der Waals surface area contributed by atoms with Crippen molar-refractivity contribution < 1.29 is 9.50 Å². The van der Waals surface area contributed by atoms with Crippen LogP contribution in [0.4, 0.5) is 4.39 Å². The van der Waals surface area contributed by atoms with Crippen LogP contribution in [-0.4, -0.2) is 17.8 Å². The minimum Gasteiger partial charge on any atom is -0.395 e. The molecule has 0 heterocycles. The molecule has 2 nitrogen and oxygen atoms in total. The number of halogens is 2. The number of nitrogens with one attached hydrogen (secondary N) is 1. The number of aliphatic hydroxyl groups excluding tert-OH is 1. The Balaban J connectivity index is 2.73. The van der Waals surface area contributed by atoms with Crippen molar-refractivity contribution in [1.82, 2.24) is 5.32 Å². The first kappa shape index (κ1) is 12.6. The van der Waals surface area contributed by atoms with Gasteiger partial charge < -0.3 is 10.4 Å². The number of aliphatic hydroxyl groups is 1. The van der Waals surface area contributed by atoms with Gasteiger partial charge in [0.2, 0.25) is 0 Å². The van der Waals surface area contributed by atoms with Gasteiger partial charge in [0.05, 0.1) is 11.1 Å². The van der Waals surface area contributed by atoms with Crippen molar-refractivity contribution in [3.8, 4) is 0 Å². The minimum absolute atomic E-state index is 0.00621. The summed E-state index contributed by atoms with van der Waals surface area (Å²) in [6.45, 7) is 3.89. The van der Waals surface area contributed by atoms with Gasteiger partial charge in [-0.25, -0.2) is 4.39 Å². The van der Waals surface area contributed by atoms with Crippen LogP contribution in [0.15, 0.2) is 22.7 Å². The van der Waals surface area contributed by atoms with E-state index in [9.17, 15) is 4.39 Å². The minimum atomic E-state index is -0.266. The molecule has 0 amide bonds. The average Bonchev–Trinajstić information content (AvgIpc) is 2.21. The highest BCUT2D eigenvalue weighted by molar-refractivity contribution is 9.10. The maximum atomic E-state index is 13.2. The van der Waals surface area contributed by atoms with E-state index >= 15 is 0 Å². The first-order chi connectivity index (χ1) is 7.04. The van der Waals surface area contributed by atoms with Crippen LogP contribution in [0.1, 0.15) is 25.5 Å². The third-order valence-corrected chi connectivity index (χ3v) is 2.90. The van der Waals surface area contributed by atoms with Gasteiger partial charge in [0, 0.05) is 12.1 Å². The SMILES string of the molecule is CC(CO)NC(C)c1ccc(Br)c(F)c1. The molecule has 0 saturated heterocycles. The van der Waals surface area contributed by atoms with Crippen molar-refractivity contribution in [2.45, 2.75) is 25.9 Å². The Kier molecular flexibility index (Phi) is 4.70. The molecule has 0 aromatic heterocycles. The van der Waals surface area contributed by atoms with Crippen LogP contribution >= 0.6 is 15.9 Å². The zero-order chi connectivity index (χ0) is 11.4. The number of benzene rings is 1. The average molecular weight is 276 g/mol. The Morgan fingerprint density at radius 2 is 2.13 bits per heavy atom. The molecule has 2 unspecified atom stereocenters. The molecule has 0 spiro atoms. The lowest BCUT2D eigenvalue weighted by Crippen LogP contribution is -2.31. The number of rotatable bonds is 4. The van der Waals surface area contributed by atoms with E-state index in [-0.39, 0.29) is 24.5 Å². The maximum absolute atomic E-state index is 13.2. The van der Waals surface area contributed by atoms with Gasteiger partial charge in [-0.05, 0) is 47.5 Å². The molecule has 2 N–H and O–H groups in total. The van der Waals surface area contributed by atoms with E-state index in [0.717, 1.165) is 5.56 Å². The molecule has 15 heavy (non-hydrogen) atoms. The van der Waals surface area contributed by atoms with Gasteiger partial charge in [0.1, 0.15) is 5.82 Å². The highest BCUT2D eigenvalue weighted by Gasteiger charge is 2.10. The van der Waals surface area contributed by atoms with E-state index in [1.54, 1.807) is 6.07 Å². The molecule has 84 valence electrons. The predicted molar refractivity (Wildman–Crippen MR) is 62.2 cm³/mol. The Labute approximate surface area is 97.6 Å². The summed E-state index contributed by atoms with van der Waals surface area (Å²) in [5.41, 5.74) is 0.871. The van der Waals surface area contributed by atoms with Crippen molar-refractivity contribution >= 4 is 15.9 Å². The molecule has 4 heteroatoms. The molecule has 1 aromatic carbocycles. The zero-order valence-corrected chi connectivity index (χ0v) is 10.4. The third kappa shape index (κ3) is 3.55. The fraction of sp³-hybridized carbons (Fsp3) is 0.455. The Hall–Kier alpha value is -0.450. The van der Waals surface area contributed by atoms with Crippen LogP contribution in [0.5, 0.6) is 0 Å². The molecule has 0 radical (unpaired) electrons. The summed E-state index contributed by atoms with van der Waals surface area (Å²) < 4.78 is 13.7. The van der Waals surface area contributed by atoms with Crippen molar-refractivity contribution in [2.75, 3.05) is 6.61 Å². The quantitative estimate of drug-likeness (QED) is 0.886. The van der Waals surface area contributed by atoms with E-state index in [2.05, 4.69) is 21.2 Å². The molecule has 0 aliphatic rings. The zero-order valence-electron chi connectivity index (χ0n) is 8.80. The molecular weight excluding hydrogens is 261 g/mol. The number of hydrogen-bond acceptors (Lipinski definition) is 2. The summed E-state index contributed by atoms with van der Waals surface area (Å²) in [7, 11) is 0. The van der Waals surface area contributed by atoms with Crippen molar-refractivity contribution in [3.63, 3.8) is 0 Å². The van der Waals surface area contributed by atoms with E-state index in [4.69, 9.17) is 5.11 Å². The summed E-state index contributed by atoms with van der Waals surface area (Å²) in [6, 6.07) is 5.06. The first-order valence-corrected chi connectivity index (χ1v) is 5.65. The third-order valence-electron chi connectivity index (χ3n) is 2.25. The summed E-state index contributed by atoms with van der Waals surface area (Å²) in [4.78, 5) is 0. The van der Waals surface area contributed by atoms with Gasteiger partial charge in [-0.1, -0.05) is 6.07 Å². The Bertz CT molecular complexity index is 332. The summed E-state index contributed by atoms with van der Waals surface area (Å²) >= 11 is 3.11. The first-order valence-electron chi connectivity index (χ1n) is 4.86. The van der Waals surface area contributed by atoms with Gasteiger partial charge in [-0.3, -0.25) is 0 Å². The van der Waals surface area contributed by atoms with E-state index in [0.29, 0.717) is 4.47 Å². The van der Waals surface area contributed by atoms with Gasteiger partial charge in [-0.15, -0.1) is 0 Å². The fourth-order valence-electron chi connectivity index (χ4n) is 1.36. The van der Waals surface area contributed by atoms with Crippen LogP contribution in [0, 0.1) is 5.82 Å². The monoisotopic (exact) mass is 275 g/mol. The van der Waals surface area contributed by atoms with Gasteiger partial charge in [-0.2, -0.15) is 0 Å². The molecule has 0 bridgehead atoms. The molecule has 1 rings (SSSR count). The molecule has 2 atom stereocenters. The summed E-state index contributed by atoms with van der Waals surface area (Å²) in [5.74, 6) is -0.266. The van der Waals surface area contributed by atoms with Gasteiger partial charge in [0.25, 0.3) is 0 Å². The molecule has 0 aliphatic carbocycles.